The fourth-order valence-corrected chi connectivity index (χ4v) is 1.76. The van der Waals surface area contributed by atoms with Crippen LogP contribution in [-0.2, 0) is 6.42 Å². The number of hydrogen-bond donors (Lipinski definition) is 1. The zero-order chi connectivity index (χ0) is 13.7. The van der Waals surface area contributed by atoms with E-state index in [1.807, 2.05) is 24.3 Å². The molecule has 0 amide bonds. The van der Waals surface area contributed by atoms with Crippen LogP contribution < -0.4 is 10.1 Å². The van der Waals surface area contributed by atoms with Gasteiger partial charge in [0, 0.05) is 6.54 Å². The lowest BCUT2D eigenvalue weighted by Crippen LogP contribution is -2.08. The Hall–Kier alpha value is -1.88. The van der Waals surface area contributed by atoms with Crippen LogP contribution >= 0.6 is 11.6 Å². The Balaban J connectivity index is 1.94. The Bertz CT molecular complexity index is 565. The Morgan fingerprint density at radius 3 is 3.05 bits per heavy atom. The highest BCUT2D eigenvalue weighted by Gasteiger charge is 2.05. The molecule has 1 aromatic carbocycles. The summed E-state index contributed by atoms with van der Waals surface area (Å²) in [4.78, 5) is 7.33. The molecule has 19 heavy (non-hydrogen) atoms. The minimum atomic E-state index is -0.518. The quantitative estimate of drug-likeness (QED) is 0.856. The van der Waals surface area contributed by atoms with Gasteiger partial charge in [0.05, 0.1) is 13.3 Å². The molecular formula is C13H13ClFN3O. The van der Waals surface area contributed by atoms with Crippen molar-refractivity contribution in [3.05, 3.63) is 47.1 Å². The van der Waals surface area contributed by atoms with E-state index in [0.717, 1.165) is 23.9 Å². The molecule has 0 unspecified atom stereocenters. The Kier molecular flexibility index (Phi) is 4.52. The number of halogens is 2. The summed E-state index contributed by atoms with van der Waals surface area (Å²) >= 11 is 5.61. The first-order valence-electron chi connectivity index (χ1n) is 5.74. The van der Waals surface area contributed by atoms with Crippen LogP contribution in [0.2, 0.25) is 5.28 Å². The van der Waals surface area contributed by atoms with Crippen LogP contribution in [0.25, 0.3) is 0 Å². The topological polar surface area (TPSA) is 47.0 Å². The SMILES string of the molecule is COc1cccc(CCNc2nc(Cl)ncc2F)c1. The summed E-state index contributed by atoms with van der Waals surface area (Å²) in [6.07, 6.45) is 1.77. The molecule has 0 aliphatic heterocycles. The van der Waals surface area contributed by atoms with E-state index in [9.17, 15) is 4.39 Å². The van der Waals surface area contributed by atoms with Crippen molar-refractivity contribution in [3.63, 3.8) is 0 Å². The summed E-state index contributed by atoms with van der Waals surface area (Å²) in [5.74, 6) is 0.395. The maximum atomic E-state index is 13.3. The molecule has 0 aliphatic rings. The maximum absolute atomic E-state index is 13.3. The average molecular weight is 282 g/mol. The van der Waals surface area contributed by atoms with E-state index in [4.69, 9.17) is 16.3 Å². The molecule has 0 spiro atoms. The first-order valence-corrected chi connectivity index (χ1v) is 6.11. The number of benzene rings is 1. The van der Waals surface area contributed by atoms with Gasteiger partial charge in [0.2, 0.25) is 5.28 Å². The van der Waals surface area contributed by atoms with E-state index >= 15 is 0 Å². The van der Waals surface area contributed by atoms with Crippen molar-refractivity contribution >= 4 is 17.4 Å². The second kappa shape index (κ2) is 6.33. The number of methoxy groups -OCH3 is 1. The number of nitrogens with zero attached hydrogens (tertiary/aromatic N) is 2. The van der Waals surface area contributed by atoms with Gasteiger partial charge in [0.25, 0.3) is 0 Å². The normalized spacial score (nSPS) is 10.3. The molecule has 0 saturated carbocycles. The minimum Gasteiger partial charge on any atom is -0.497 e. The average Bonchev–Trinajstić information content (AvgIpc) is 2.43. The zero-order valence-corrected chi connectivity index (χ0v) is 11.1. The van der Waals surface area contributed by atoms with Crippen molar-refractivity contribution in [1.82, 2.24) is 9.97 Å². The first kappa shape index (κ1) is 13.5. The summed E-state index contributed by atoms with van der Waals surface area (Å²) in [5, 5.41) is 2.91. The Morgan fingerprint density at radius 2 is 2.26 bits per heavy atom. The molecule has 0 aliphatic carbocycles. The van der Waals surface area contributed by atoms with Crippen LogP contribution in [0.5, 0.6) is 5.75 Å². The predicted octanol–water partition coefficient (Wildman–Crippen LogP) is 2.93. The number of nitrogens with one attached hydrogen (secondary N) is 1. The highest BCUT2D eigenvalue weighted by Crippen LogP contribution is 2.14. The zero-order valence-electron chi connectivity index (χ0n) is 10.4. The van der Waals surface area contributed by atoms with E-state index in [1.54, 1.807) is 7.11 Å². The van der Waals surface area contributed by atoms with E-state index in [1.165, 1.54) is 0 Å². The summed E-state index contributed by atoms with van der Waals surface area (Å²) in [6, 6.07) is 7.70. The lowest BCUT2D eigenvalue weighted by molar-refractivity contribution is 0.414. The smallest absolute Gasteiger partial charge is 0.224 e. The van der Waals surface area contributed by atoms with Crippen LogP contribution in [0.1, 0.15) is 5.56 Å². The standard InChI is InChI=1S/C13H13ClFN3O/c1-19-10-4-2-3-9(7-10)5-6-16-12-11(15)8-17-13(14)18-12/h2-4,7-8H,5-6H2,1H3,(H,16,17,18). The minimum absolute atomic E-state index is 0.0188. The second-order valence-corrected chi connectivity index (χ2v) is 4.20. The molecule has 1 heterocycles. The molecule has 0 saturated heterocycles. The van der Waals surface area contributed by atoms with Gasteiger partial charge in [-0.25, -0.2) is 9.37 Å². The molecule has 0 fully saturated rings. The third-order valence-corrected chi connectivity index (χ3v) is 2.74. The number of anilines is 1. The van der Waals surface area contributed by atoms with Crippen molar-refractivity contribution in [1.29, 1.82) is 0 Å². The molecule has 4 nitrogen and oxygen atoms in total. The molecule has 6 heteroatoms. The predicted molar refractivity (Wildman–Crippen MR) is 72.2 cm³/mol. The molecule has 0 bridgehead atoms. The van der Waals surface area contributed by atoms with Gasteiger partial charge in [0.1, 0.15) is 5.75 Å². The molecule has 2 rings (SSSR count). The maximum Gasteiger partial charge on any atom is 0.224 e. The lowest BCUT2D eigenvalue weighted by Gasteiger charge is -2.07. The second-order valence-electron chi connectivity index (χ2n) is 3.86. The van der Waals surface area contributed by atoms with Crippen LogP contribution in [0.15, 0.2) is 30.5 Å². The van der Waals surface area contributed by atoms with Gasteiger partial charge in [-0.15, -0.1) is 0 Å². The molecule has 100 valence electrons. The fourth-order valence-electron chi connectivity index (χ4n) is 1.62. The molecule has 2 aromatic rings. The molecule has 0 atom stereocenters. The Labute approximate surface area is 115 Å². The van der Waals surface area contributed by atoms with Gasteiger partial charge in [0.15, 0.2) is 11.6 Å². The number of rotatable bonds is 5. The van der Waals surface area contributed by atoms with Gasteiger partial charge < -0.3 is 10.1 Å². The van der Waals surface area contributed by atoms with Gasteiger partial charge in [-0.3, -0.25) is 0 Å². The first-order chi connectivity index (χ1) is 9.19. The van der Waals surface area contributed by atoms with E-state index in [0.29, 0.717) is 6.54 Å². The van der Waals surface area contributed by atoms with E-state index in [2.05, 4.69) is 15.3 Å². The van der Waals surface area contributed by atoms with Crippen LogP contribution in [0.4, 0.5) is 10.2 Å². The van der Waals surface area contributed by atoms with Crippen molar-refractivity contribution < 1.29 is 9.13 Å². The molecular weight excluding hydrogens is 269 g/mol. The highest BCUT2D eigenvalue weighted by molar-refractivity contribution is 6.28. The van der Waals surface area contributed by atoms with Crippen LogP contribution in [-0.4, -0.2) is 23.6 Å². The van der Waals surface area contributed by atoms with Crippen LogP contribution in [0, 0.1) is 5.82 Å². The van der Waals surface area contributed by atoms with Crippen molar-refractivity contribution in [2.75, 3.05) is 19.0 Å². The summed E-state index contributed by atoms with van der Waals surface area (Å²) in [5.41, 5.74) is 1.09. The third kappa shape index (κ3) is 3.79. The largest absolute Gasteiger partial charge is 0.497 e. The number of ether oxygens (including phenoxy) is 1. The van der Waals surface area contributed by atoms with Crippen molar-refractivity contribution in [2.45, 2.75) is 6.42 Å². The van der Waals surface area contributed by atoms with Crippen molar-refractivity contribution in [3.8, 4) is 5.75 Å². The molecule has 0 radical (unpaired) electrons. The van der Waals surface area contributed by atoms with Gasteiger partial charge in [-0.1, -0.05) is 12.1 Å². The lowest BCUT2D eigenvalue weighted by atomic mass is 10.1. The van der Waals surface area contributed by atoms with Gasteiger partial charge in [-0.2, -0.15) is 4.98 Å². The van der Waals surface area contributed by atoms with Gasteiger partial charge >= 0.3 is 0 Å². The fraction of sp³-hybridized carbons (Fsp3) is 0.231. The molecule has 1 N–H and O–H groups in total. The molecule has 1 aromatic heterocycles. The monoisotopic (exact) mass is 281 g/mol. The Morgan fingerprint density at radius 1 is 1.42 bits per heavy atom. The van der Waals surface area contributed by atoms with E-state index in [-0.39, 0.29) is 11.1 Å². The number of hydrogen-bond acceptors (Lipinski definition) is 4. The van der Waals surface area contributed by atoms with Crippen LogP contribution in [0.3, 0.4) is 0 Å². The highest BCUT2D eigenvalue weighted by atomic mass is 35.5. The van der Waals surface area contributed by atoms with E-state index < -0.39 is 5.82 Å². The summed E-state index contributed by atoms with van der Waals surface area (Å²) in [7, 11) is 1.62. The summed E-state index contributed by atoms with van der Waals surface area (Å²) < 4.78 is 18.5. The summed E-state index contributed by atoms with van der Waals surface area (Å²) in [6.45, 7) is 0.539. The van der Waals surface area contributed by atoms with Crippen molar-refractivity contribution in [2.24, 2.45) is 0 Å². The van der Waals surface area contributed by atoms with Gasteiger partial charge in [-0.05, 0) is 35.7 Å². The third-order valence-electron chi connectivity index (χ3n) is 2.55. The number of aromatic nitrogens is 2.